The van der Waals surface area contributed by atoms with Gasteiger partial charge < -0.3 is 14.3 Å². The minimum absolute atomic E-state index is 0.250. The maximum atomic E-state index is 10.3. The number of rotatable bonds is 3. The molecule has 0 heterocycles. The molecule has 0 aromatic rings. The van der Waals surface area contributed by atoms with Crippen molar-refractivity contribution < 1.29 is 28.7 Å². The van der Waals surface area contributed by atoms with Crippen LogP contribution in [0.3, 0.4) is 0 Å². The average molecular weight is 329 g/mol. The second-order valence-corrected chi connectivity index (χ2v) is 3.78. The maximum absolute atomic E-state index is 10.3. The monoisotopic (exact) mass is 328 g/mol. The minimum Gasteiger partial charge on any atom is -0.467 e. The summed E-state index contributed by atoms with van der Waals surface area (Å²) in [6.07, 6.45) is 0.250. The number of methoxy groups -OCH3 is 2. The third-order valence-corrected chi connectivity index (χ3v) is 1.57. The third kappa shape index (κ3) is 17.3. The highest BCUT2D eigenvalue weighted by molar-refractivity contribution is 6.60. The number of carbonyl (C=O) groups is 4. The molecule has 0 aliphatic carbocycles. The fourth-order valence-electron chi connectivity index (χ4n) is 0.302. The molecular formula is C8H9B2Cl3O6. The summed E-state index contributed by atoms with van der Waals surface area (Å²) < 4.78 is 8.13. The number of ketones is 1. The first-order valence-electron chi connectivity index (χ1n) is 4.22. The van der Waals surface area contributed by atoms with Crippen LogP contribution in [0.15, 0.2) is 0 Å². The lowest BCUT2D eigenvalue weighted by Gasteiger charge is -1.97. The van der Waals surface area contributed by atoms with Gasteiger partial charge in [-0.3, -0.25) is 4.79 Å². The molecule has 0 saturated carbocycles. The second-order valence-electron chi connectivity index (χ2n) is 2.22. The highest BCUT2D eigenvalue weighted by Crippen LogP contribution is 2.01. The zero-order valence-electron chi connectivity index (χ0n) is 9.97. The van der Waals surface area contributed by atoms with Crippen LogP contribution in [0.4, 0.5) is 0 Å². The Morgan fingerprint density at radius 1 is 1.11 bits per heavy atom. The van der Waals surface area contributed by atoms with Crippen LogP contribution < -0.4 is 0 Å². The highest BCUT2D eigenvalue weighted by Gasteiger charge is 2.18. The first kappa shape index (κ1) is 23.4. The van der Waals surface area contributed by atoms with Crippen LogP contribution in [0.25, 0.3) is 0 Å². The molecule has 0 aliphatic heterocycles. The van der Waals surface area contributed by atoms with E-state index in [-0.39, 0.29) is 6.19 Å². The SMILES string of the molecule is COC(=O)C(Cl)Cl.[B]C(Cl)C(=O)C(=O)OC.[B]C=O. The Labute approximate surface area is 127 Å². The van der Waals surface area contributed by atoms with Gasteiger partial charge in [0.2, 0.25) is 10.6 Å². The summed E-state index contributed by atoms with van der Waals surface area (Å²) in [7, 11) is 11.3. The van der Waals surface area contributed by atoms with E-state index >= 15 is 0 Å². The third-order valence-electron chi connectivity index (χ3n) is 1.02. The average Bonchev–Trinajstić information content (AvgIpc) is 2.37. The van der Waals surface area contributed by atoms with Crippen molar-refractivity contribution in [3.8, 4) is 0 Å². The fourth-order valence-corrected chi connectivity index (χ4v) is 0.570. The topological polar surface area (TPSA) is 86.7 Å². The number of carbonyl (C=O) groups excluding carboxylic acids is 4. The summed E-state index contributed by atoms with van der Waals surface area (Å²) in [5, 5.41) is -1.29. The highest BCUT2D eigenvalue weighted by atomic mass is 35.5. The molecule has 19 heavy (non-hydrogen) atoms. The van der Waals surface area contributed by atoms with Crippen molar-refractivity contribution in [2.45, 2.75) is 10.1 Å². The number of ether oxygens (including phenoxy) is 2. The van der Waals surface area contributed by atoms with Crippen molar-refractivity contribution in [3.63, 3.8) is 0 Å². The standard InChI is InChI=1S/C4H4BClO3.C3H4Cl2O2.CHBO/c1-9-4(8)2(7)3(5)6;1-7-3(6)2(4)5;2-1-3/h3H,1H3;2H,1H3;1H. The largest absolute Gasteiger partial charge is 0.467 e. The van der Waals surface area contributed by atoms with Gasteiger partial charge in [0.1, 0.15) is 7.85 Å². The number of hydrogen-bond donors (Lipinski definition) is 0. The molecular weight excluding hydrogens is 320 g/mol. The molecule has 11 heteroatoms. The van der Waals surface area contributed by atoms with Crippen molar-refractivity contribution in [2.75, 3.05) is 14.2 Å². The molecule has 0 bridgehead atoms. The van der Waals surface area contributed by atoms with Crippen LogP contribution in [0.2, 0.25) is 0 Å². The predicted molar refractivity (Wildman–Crippen MR) is 72.4 cm³/mol. The zero-order valence-corrected chi connectivity index (χ0v) is 12.2. The van der Waals surface area contributed by atoms with Gasteiger partial charge in [-0.15, -0.1) is 11.6 Å². The van der Waals surface area contributed by atoms with E-state index in [1.54, 1.807) is 0 Å². The van der Waals surface area contributed by atoms with Gasteiger partial charge in [-0.25, -0.2) is 9.59 Å². The maximum Gasteiger partial charge on any atom is 0.375 e. The number of halogens is 3. The molecule has 0 aliphatic rings. The Morgan fingerprint density at radius 2 is 1.47 bits per heavy atom. The van der Waals surface area contributed by atoms with Crippen LogP contribution >= 0.6 is 34.8 Å². The summed E-state index contributed by atoms with van der Waals surface area (Å²) in [6.45, 7) is 0. The Morgan fingerprint density at radius 3 is 1.53 bits per heavy atom. The summed E-state index contributed by atoms with van der Waals surface area (Å²) in [5.41, 5.74) is 0. The molecule has 0 aromatic carbocycles. The van der Waals surface area contributed by atoms with Crippen molar-refractivity contribution >= 4 is 74.4 Å². The lowest BCUT2D eigenvalue weighted by Crippen LogP contribution is -2.25. The van der Waals surface area contributed by atoms with Crippen molar-refractivity contribution in [1.29, 1.82) is 0 Å². The number of esters is 2. The van der Waals surface area contributed by atoms with Crippen LogP contribution in [0.5, 0.6) is 0 Å². The quantitative estimate of drug-likeness (QED) is 0.234. The fraction of sp³-hybridized carbons (Fsp3) is 0.500. The van der Waals surface area contributed by atoms with E-state index < -0.39 is 27.8 Å². The lowest BCUT2D eigenvalue weighted by molar-refractivity contribution is -0.150. The summed E-state index contributed by atoms with van der Waals surface area (Å²) in [6, 6.07) is 0. The molecule has 0 saturated heterocycles. The molecule has 1 unspecified atom stereocenters. The van der Waals surface area contributed by atoms with E-state index in [1.807, 2.05) is 0 Å². The summed E-state index contributed by atoms with van der Waals surface area (Å²) in [5.74, 6) is -2.57. The molecule has 104 valence electrons. The summed E-state index contributed by atoms with van der Waals surface area (Å²) >= 11 is 15.1. The molecule has 0 rings (SSSR count). The van der Waals surface area contributed by atoms with Gasteiger partial charge in [0.05, 0.1) is 25.7 Å². The molecule has 4 radical (unpaired) electrons. The molecule has 0 fully saturated rings. The number of alkyl halides is 3. The Bertz CT molecular complexity index is 298. The van der Waals surface area contributed by atoms with Crippen molar-refractivity contribution in [2.24, 2.45) is 0 Å². The molecule has 0 amide bonds. The van der Waals surface area contributed by atoms with E-state index in [0.29, 0.717) is 0 Å². The smallest absolute Gasteiger partial charge is 0.375 e. The van der Waals surface area contributed by atoms with E-state index in [0.717, 1.165) is 7.11 Å². The molecule has 0 N–H and O–H groups in total. The van der Waals surface area contributed by atoms with Crippen LogP contribution in [0, 0.1) is 0 Å². The Kier molecular flexibility index (Phi) is 18.9. The van der Waals surface area contributed by atoms with E-state index in [4.69, 9.17) is 47.4 Å². The van der Waals surface area contributed by atoms with Crippen LogP contribution in [-0.2, 0) is 28.7 Å². The first-order chi connectivity index (χ1) is 8.69. The second kappa shape index (κ2) is 15.3. The van der Waals surface area contributed by atoms with Crippen molar-refractivity contribution in [3.05, 3.63) is 0 Å². The molecule has 0 aromatic heterocycles. The van der Waals surface area contributed by atoms with Gasteiger partial charge in [-0.2, -0.15) is 0 Å². The normalized spacial score (nSPS) is 9.79. The van der Waals surface area contributed by atoms with Gasteiger partial charge in [0.15, 0.2) is 7.85 Å². The number of Topliss-reactive ketones (excluding diaryl/α,β-unsaturated/α-hetero) is 1. The Balaban J connectivity index is -0.000000228. The minimum atomic E-state index is -1.29. The van der Waals surface area contributed by atoms with E-state index in [9.17, 15) is 14.4 Å². The van der Waals surface area contributed by atoms with Crippen molar-refractivity contribution in [1.82, 2.24) is 0 Å². The summed E-state index contributed by atoms with van der Waals surface area (Å²) in [4.78, 5) is 38.1. The van der Waals surface area contributed by atoms with E-state index in [1.165, 1.54) is 7.11 Å². The van der Waals surface area contributed by atoms with Gasteiger partial charge in [0, 0.05) is 0 Å². The van der Waals surface area contributed by atoms with E-state index in [2.05, 4.69) is 17.3 Å². The molecule has 1 atom stereocenters. The first-order valence-corrected chi connectivity index (χ1v) is 5.53. The van der Waals surface area contributed by atoms with Gasteiger partial charge in [0.25, 0.3) is 0 Å². The Hall–Kier alpha value is -0.720. The predicted octanol–water partition coefficient (Wildman–Crippen LogP) is -0.230. The van der Waals surface area contributed by atoms with Gasteiger partial charge in [-0.05, 0) is 0 Å². The lowest BCUT2D eigenvalue weighted by atomic mass is 10.0. The molecule has 6 nitrogen and oxygen atoms in total. The zero-order chi connectivity index (χ0) is 16.0. The number of hydrogen-bond acceptors (Lipinski definition) is 6. The molecule has 0 spiro atoms. The van der Waals surface area contributed by atoms with Crippen LogP contribution in [0.1, 0.15) is 0 Å². The van der Waals surface area contributed by atoms with Gasteiger partial charge in [-0.1, -0.05) is 23.2 Å². The van der Waals surface area contributed by atoms with Gasteiger partial charge >= 0.3 is 11.9 Å². The van der Waals surface area contributed by atoms with Crippen LogP contribution in [-0.4, -0.2) is 63.9 Å².